The fraction of sp³-hybridized carbons (Fsp3) is 0.636. The molecule has 116 valence electrons. The van der Waals surface area contributed by atoms with Crippen LogP contribution in [0.25, 0.3) is 0 Å². The van der Waals surface area contributed by atoms with Gasteiger partial charge in [0.05, 0.1) is 12.3 Å². The highest BCUT2D eigenvalue weighted by Gasteiger charge is 2.23. The van der Waals surface area contributed by atoms with E-state index in [9.17, 15) is 16.8 Å². The third-order valence-corrected chi connectivity index (χ3v) is 4.93. The summed E-state index contributed by atoms with van der Waals surface area (Å²) >= 11 is 0. The minimum atomic E-state index is -3.84. The Morgan fingerprint density at radius 2 is 1.90 bits per heavy atom. The van der Waals surface area contributed by atoms with Crippen molar-refractivity contribution in [3.8, 4) is 0 Å². The van der Waals surface area contributed by atoms with Gasteiger partial charge in [-0.15, -0.1) is 0 Å². The molecular formula is C11H20N2O5S2. The maximum Gasteiger partial charge on any atom is 0.274 e. The Hall–Kier alpha value is -0.900. The quantitative estimate of drug-likeness (QED) is 0.702. The fourth-order valence-electron chi connectivity index (χ4n) is 1.66. The monoisotopic (exact) mass is 324 g/mol. The molecule has 0 spiro atoms. The molecule has 20 heavy (non-hydrogen) atoms. The summed E-state index contributed by atoms with van der Waals surface area (Å²) in [4.78, 5) is 0. The second kappa shape index (κ2) is 6.70. The van der Waals surface area contributed by atoms with Crippen molar-refractivity contribution in [3.63, 3.8) is 0 Å². The average Bonchev–Trinajstić information content (AvgIpc) is 2.71. The normalized spacial score (nSPS) is 14.3. The number of hydrogen-bond acceptors (Lipinski definition) is 6. The summed E-state index contributed by atoms with van der Waals surface area (Å²) in [6.45, 7) is 4.59. The molecule has 1 aromatic rings. The maximum atomic E-state index is 12.0. The van der Waals surface area contributed by atoms with E-state index in [1.54, 1.807) is 6.07 Å². The number of hydrogen-bond donors (Lipinski definition) is 2. The SMILES string of the molecule is CCNCc1ccc(S(=O)(=O)NC(C)CS(C)(=O)=O)o1. The molecule has 0 fully saturated rings. The second-order valence-corrected chi connectivity index (χ2v) is 8.45. The highest BCUT2D eigenvalue weighted by Crippen LogP contribution is 2.14. The van der Waals surface area contributed by atoms with Crippen LogP contribution < -0.4 is 10.0 Å². The van der Waals surface area contributed by atoms with E-state index < -0.39 is 25.9 Å². The molecule has 9 heteroatoms. The van der Waals surface area contributed by atoms with Crippen molar-refractivity contribution >= 4 is 19.9 Å². The summed E-state index contributed by atoms with van der Waals surface area (Å²) in [5.74, 6) is 0.236. The lowest BCUT2D eigenvalue weighted by Crippen LogP contribution is -2.37. The van der Waals surface area contributed by atoms with Gasteiger partial charge in [-0.1, -0.05) is 6.92 Å². The highest BCUT2D eigenvalue weighted by atomic mass is 32.2. The molecule has 0 bridgehead atoms. The predicted octanol–water partition coefficient (Wildman–Crippen LogP) is 0.101. The van der Waals surface area contributed by atoms with Gasteiger partial charge in [-0.25, -0.2) is 21.6 Å². The number of nitrogens with one attached hydrogen (secondary N) is 2. The van der Waals surface area contributed by atoms with Crippen LogP contribution in [0.4, 0.5) is 0 Å². The summed E-state index contributed by atoms with van der Waals surface area (Å²) in [7, 11) is -7.10. The van der Waals surface area contributed by atoms with Gasteiger partial charge < -0.3 is 9.73 Å². The third-order valence-electron chi connectivity index (χ3n) is 2.36. The predicted molar refractivity (Wildman–Crippen MR) is 75.6 cm³/mol. The Kier molecular flexibility index (Phi) is 5.75. The van der Waals surface area contributed by atoms with E-state index in [1.807, 2.05) is 6.92 Å². The molecule has 0 aromatic carbocycles. The molecule has 7 nitrogen and oxygen atoms in total. The van der Waals surface area contributed by atoms with E-state index in [1.165, 1.54) is 13.0 Å². The molecule has 1 atom stereocenters. The zero-order valence-electron chi connectivity index (χ0n) is 11.7. The molecule has 1 unspecified atom stereocenters. The van der Waals surface area contributed by atoms with Gasteiger partial charge in [0.15, 0.2) is 0 Å². The standard InChI is InChI=1S/C11H20N2O5S2/c1-4-12-7-10-5-6-11(18-10)20(16,17)13-9(2)8-19(3,14)15/h5-6,9,12-13H,4,7-8H2,1-3H3. The first kappa shape index (κ1) is 17.2. The van der Waals surface area contributed by atoms with Crippen molar-refractivity contribution < 1.29 is 21.3 Å². The molecule has 2 N–H and O–H groups in total. The van der Waals surface area contributed by atoms with Gasteiger partial charge in [-0.3, -0.25) is 0 Å². The smallest absolute Gasteiger partial charge is 0.274 e. The van der Waals surface area contributed by atoms with Gasteiger partial charge in [-0.05, 0) is 25.6 Å². The number of furan rings is 1. The van der Waals surface area contributed by atoms with E-state index in [4.69, 9.17) is 4.42 Å². The number of rotatable bonds is 8. The van der Waals surface area contributed by atoms with Crippen LogP contribution in [-0.2, 0) is 26.4 Å². The zero-order valence-corrected chi connectivity index (χ0v) is 13.3. The molecule has 1 heterocycles. The van der Waals surface area contributed by atoms with E-state index in [2.05, 4.69) is 10.0 Å². The van der Waals surface area contributed by atoms with Crippen LogP contribution >= 0.6 is 0 Å². The highest BCUT2D eigenvalue weighted by molar-refractivity contribution is 7.91. The van der Waals surface area contributed by atoms with Gasteiger partial charge in [0, 0.05) is 12.3 Å². The molecule has 0 saturated heterocycles. The summed E-state index contributed by atoms with van der Waals surface area (Å²) < 4.78 is 53.7. The van der Waals surface area contributed by atoms with Crippen molar-refractivity contribution in [2.45, 2.75) is 31.5 Å². The summed E-state index contributed by atoms with van der Waals surface area (Å²) in [5.41, 5.74) is 0. The van der Waals surface area contributed by atoms with Crippen LogP contribution in [0.1, 0.15) is 19.6 Å². The van der Waals surface area contributed by atoms with Crippen LogP contribution in [0, 0.1) is 0 Å². The Labute approximate surface area is 119 Å². The van der Waals surface area contributed by atoms with Gasteiger partial charge in [0.2, 0.25) is 5.09 Å². The Morgan fingerprint density at radius 3 is 2.45 bits per heavy atom. The molecule has 0 amide bonds. The van der Waals surface area contributed by atoms with E-state index >= 15 is 0 Å². The van der Waals surface area contributed by atoms with Crippen LogP contribution in [0.3, 0.4) is 0 Å². The Bertz CT molecular complexity index is 634. The minimum absolute atomic E-state index is 0.217. The third kappa shape index (κ3) is 5.61. The Morgan fingerprint density at radius 1 is 1.25 bits per heavy atom. The molecule has 1 aromatic heterocycles. The van der Waals surface area contributed by atoms with Crippen LogP contribution in [0.5, 0.6) is 0 Å². The first-order valence-corrected chi connectivity index (χ1v) is 9.68. The van der Waals surface area contributed by atoms with E-state index in [0.29, 0.717) is 12.3 Å². The van der Waals surface area contributed by atoms with Gasteiger partial charge in [-0.2, -0.15) is 0 Å². The van der Waals surface area contributed by atoms with Crippen LogP contribution in [0.15, 0.2) is 21.6 Å². The van der Waals surface area contributed by atoms with E-state index in [0.717, 1.165) is 12.8 Å². The lowest BCUT2D eigenvalue weighted by atomic mass is 10.4. The number of sulfone groups is 1. The fourth-order valence-corrected chi connectivity index (χ4v) is 3.95. The Balaban J connectivity index is 2.76. The molecular weight excluding hydrogens is 304 g/mol. The topological polar surface area (TPSA) is 105 Å². The summed E-state index contributed by atoms with van der Waals surface area (Å²) in [5, 5.41) is 2.80. The van der Waals surface area contributed by atoms with E-state index in [-0.39, 0.29) is 10.8 Å². The molecule has 0 radical (unpaired) electrons. The number of sulfonamides is 1. The minimum Gasteiger partial charge on any atom is -0.447 e. The first-order chi connectivity index (χ1) is 9.14. The van der Waals surface area contributed by atoms with Gasteiger partial charge >= 0.3 is 0 Å². The largest absolute Gasteiger partial charge is 0.447 e. The second-order valence-electron chi connectivity index (χ2n) is 4.62. The van der Waals surface area contributed by atoms with Crippen molar-refractivity contribution in [1.29, 1.82) is 0 Å². The summed E-state index contributed by atoms with van der Waals surface area (Å²) in [6, 6.07) is 2.19. The maximum absolute atomic E-state index is 12.0. The molecule has 0 aliphatic carbocycles. The average molecular weight is 324 g/mol. The zero-order chi connectivity index (χ0) is 15.4. The van der Waals surface area contributed by atoms with Crippen LogP contribution in [0.2, 0.25) is 0 Å². The van der Waals surface area contributed by atoms with Crippen molar-refractivity contribution in [2.75, 3.05) is 18.6 Å². The molecule has 0 aliphatic heterocycles. The molecule has 0 aliphatic rings. The summed E-state index contributed by atoms with van der Waals surface area (Å²) in [6.07, 6.45) is 1.05. The lowest BCUT2D eigenvalue weighted by molar-refractivity contribution is 0.400. The van der Waals surface area contributed by atoms with Gasteiger partial charge in [0.25, 0.3) is 10.0 Å². The lowest BCUT2D eigenvalue weighted by Gasteiger charge is -2.11. The van der Waals surface area contributed by atoms with Crippen molar-refractivity contribution in [1.82, 2.24) is 10.0 Å². The van der Waals surface area contributed by atoms with Crippen molar-refractivity contribution in [3.05, 3.63) is 17.9 Å². The van der Waals surface area contributed by atoms with Crippen LogP contribution in [-0.4, -0.2) is 41.4 Å². The van der Waals surface area contributed by atoms with Crippen molar-refractivity contribution in [2.24, 2.45) is 0 Å². The van der Waals surface area contributed by atoms with Gasteiger partial charge in [0.1, 0.15) is 15.6 Å². The molecule has 0 saturated carbocycles. The molecule has 1 rings (SSSR count). The first-order valence-electron chi connectivity index (χ1n) is 6.13.